The number of benzene rings is 1. The van der Waals surface area contributed by atoms with Gasteiger partial charge in [-0.1, -0.05) is 12.1 Å². The van der Waals surface area contributed by atoms with Crippen molar-refractivity contribution >= 4 is 29.7 Å². The Morgan fingerprint density at radius 2 is 2.24 bits per heavy atom. The minimum Gasteiger partial charge on any atom is -0.336 e. The summed E-state index contributed by atoms with van der Waals surface area (Å²) >= 11 is 1.43. The van der Waals surface area contributed by atoms with Gasteiger partial charge in [0.05, 0.1) is 5.01 Å². The van der Waals surface area contributed by atoms with E-state index in [0.29, 0.717) is 25.2 Å². The van der Waals surface area contributed by atoms with Crippen molar-refractivity contribution in [2.24, 2.45) is 5.73 Å². The highest BCUT2D eigenvalue weighted by Crippen LogP contribution is 2.13. The number of halogens is 2. The van der Waals surface area contributed by atoms with Crippen molar-refractivity contribution < 1.29 is 9.18 Å². The number of nitrogens with zero attached hydrogens (tertiary/aromatic N) is 2. The molecule has 0 bridgehead atoms. The third-order valence-corrected chi connectivity index (χ3v) is 3.69. The molecule has 0 aliphatic heterocycles. The molecule has 0 fully saturated rings. The molecular formula is C14H17ClFN3OS. The molecule has 4 nitrogen and oxygen atoms in total. The Morgan fingerprint density at radius 3 is 2.90 bits per heavy atom. The summed E-state index contributed by atoms with van der Waals surface area (Å²) in [4.78, 5) is 18.0. The van der Waals surface area contributed by atoms with Crippen LogP contribution in [0.15, 0.2) is 29.6 Å². The number of aromatic nitrogens is 1. The lowest BCUT2D eigenvalue weighted by Crippen LogP contribution is -2.26. The van der Waals surface area contributed by atoms with E-state index >= 15 is 0 Å². The summed E-state index contributed by atoms with van der Waals surface area (Å²) in [5.74, 6) is -0.476. The van der Waals surface area contributed by atoms with Gasteiger partial charge in [-0.3, -0.25) is 4.79 Å². The van der Waals surface area contributed by atoms with Gasteiger partial charge in [-0.05, 0) is 24.2 Å². The van der Waals surface area contributed by atoms with Crippen LogP contribution < -0.4 is 5.73 Å². The van der Waals surface area contributed by atoms with Gasteiger partial charge in [0.2, 0.25) is 0 Å². The first-order valence-electron chi connectivity index (χ1n) is 6.24. The molecular weight excluding hydrogens is 313 g/mol. The van der Waals surface area contributed by atoms with Gasteiger partial charge in [0.1, 0.15) is 11.5 Å². The van der Waals surface area contributed by atoms with E-state index in [2.05, 4.69) is 4.98 Å². The largest absolute Gasteiger partial charge is 0.336 e. The van der Waals surface area contributed by atoms with E-state index in [1.165, 1.54) is 28.4 Å². The van der Waals surface area contributed by atoms with Crippen LogP contribution in [0, 0.1) is 5.82 Å². The summed E-state index contributed by atoms with van der Waals surface area (Å²) in [5.41, 5.74) is 6.62. The smallest absolute Gasteiger partial charge is 0.273 e. The second-order valence-electron chi connectivity index (χ2n) is 4.46. The van der Waals surface area contributed by atoms with Crippen molar-refractivity contribution in [3.8, 4) is 0 Å². The second kappa shape index (κ2) is 8.07. The maximum absolute atomic E-state index is 13.1. The van der Waals surface area contributed by atoms with Crippen molar-refractivity contribution in [2.45, 2.75) is 13.0 Å². The van der Waals surface area contributed by atoms with Crippen molar-refractivity contribution in [2.75, 3.05) is 13.6 Å². The van der Waals surface area contributed by atoms with E-state index < -0.39 is 0 Å². The fourth-order valence-electron chi connectivity index (χ4n) is 1.82. The number of hydrogen-bond acceptors (Lipinski definition) is 4. The molecule has 1 aromatic carbocycles. The molecule has 114 valence electrons. The predicted octanol–water partition coefficient (Wildman–Crippen LogP) is 2.48. The highest BCUT2D eigenvalue weighted by molar-refractivity contribution is 7.09. The SMILES string of the molecule is CN(Cc1cccc(F)c1)C(=O)c1csc(CCN)n1.Cl. The molecule has 2 rings (SSSR count). The van der Waals surface area contributed by atoms with E-state index in [1.807, 2.05) is 0 Å². The Hall–Kier alpha value is -1.50. The molecule has 0 spiro atoms. The number of carbonyl (C=O) groups excluding carboxylic acids is 1. The van der Waals surface area contributed by atoms with Gasteiger partial charge in [0.15, 0.2) is 0 Å². The standard InChI is InChI=1S/C14H16FN3OS.ClH/c1-18(8-10-3-2-4-11(15)7-10)14(19)12-9-20-13(17-12)5-6-16;/h2-4,7,9H,5-6,8,16H2,1H3;1H. The normalized spacial score (nSPS) is 10.0. The highest BCUT2D eigenvalue weighted by Gasteiger charge is 2.15. The number of nitrogens with two attached hydrogens (primary N) is 1. The van der Waals surface area contributed by atoms with E-state index in [9.17, 15) is 9.18 Å². The highest BCUT2D eigenvalue weighted by atomic mass is 35.5. The van der Waals surface area contributed by atoms with Crippen LogP contribution in [0.2, 0.25) is 0 Å². The topological polar surface area (TPSA) is 59.2 Å². The molecule has 21 heavy (non-hydrogen) atoms. The van der Waals surface area contributed by atoms with E-state index in [1.54, 1.807) is 24.6 Å². The second-order valence-corrected chi connectivity index (χ2v) is 5.40. The quantitative estimate of drug-likeness (QED) is 0.916. The number of rotatable bonds is 5. The van der Waals surface area contributed by atoms with Crippen molar-refractivity contribution in [1.82, 2.24) is 9.88 Å². The maximum atomic E-state index is 13.1. The minimum atomic E-state index is -0.303. The van der Waals surface area contributed by atoms with E-state index in [4.69, 9.17) is 5.73 Å². The molecule has 0 unspecified atom stereocenters. The van der Waals surface area contributed by atoms with Gasteiger partial charge in [-0.15, -0.1) is 23.7 Å². The summed E-state index contributed by atoms with van der Waals surface area (Å²) in [6, 6.07) is 6.22. The van der Waals surface area contributed by atoms with E-state index in [-0.39, 0.29) is 24.1 Å². The Balaban J connectivity index is 0.00000220. The first kappa shape index (κ1) is 17.6. The first-order valence-corrected chi connectivity index (χ1v) is 7.12. The number of hydrogen-bond donors (Lipinski definition) is 1. The van der Waals surface area contributed by atoms with Gasteiger partial charge in [0.25, 0.3) is 5.91 Å². The first-order chi connectivity index (χ1) is 9.60. The number of carbonyl (C=O) groups is 1. The van der Waals surface area contributed by atoms with Crippen molar-refractivity contribution in [3.63, 3.8) is 0 Å². The summed E-state index contributed by atoms with van der Waals surface area (Å²) in [6.07, 6.45) is 0.672. The zero-order valence-electron chi connectivity index (χ0n) is 11.6. The van der Waals surface area contributed by atoms with Gasteiger partial charge in [0, 0.05) is 25.4 Å². The average molecular weight is 330 g/mol. The van der Waals surface area contributed by atoms with E-state index in [0.717, 1.165) is 10.6 Å². The van der Waals surface area contributed by atoms with Crippen LogP contribution in [0.1, 0.15) is 21.1 Å². The lowest BCUT2D eigenvalue weighted by molar-refractivity contribution is 0.0779. The van der Waals surface area contributed by atoms with Crippen LogP contribution >= 0.6 is 23.7 Å². The molecule has 2 aromatic rings. The molecule has 0 aliphatic rings. The summed E-state index contributed by atoms with van der Waals surface area (Å²) < 4.78 is 13.1. The third kappa shape index (κ3) is 4.77. The van der Waals surface area contributed by atoms with Crippen LogP contribution in [-0.2, 0) is 13.0 Å². The number of amides is 1. The Bertz CT molecular complexity index is 605. The van der Waals surface area contributed by atoms with Crippen LogP contribution in [0.3, 0.4) is 0 Å². The Labute approximate surface area is 133 Å². The zero-order valence-corrected chi connectivity index (χ0v) is 13.2. The lowest BCUT2D eigenvalue weighted by atomic mass is 10.2. The van der Waals surface area contributed by atoms with Crippen LogP contribution in [0.25, 0.3) is 0 Å². The Kier molecular flexibility index (Phi) is 6.74. The van der Waals surface area contributed by atoms with Crippen molar-refractivity contribution in [3.05, 3.63) is 51.7 Å². The molecule has 0 aliphatic carbocycles. The third-order valence-electron chi connectivity index (χ3n) is 2.78. The number of thiazole rings is 1. The Morgan fingerprint density at radius 1 is 1.48 bits per heavy atom. The lowest BCUT2D eigenvalue weighted by Gasteiger charge is -2.15. The average Bonchev–Trinajstić information content (AvgIpc) is 2.87. The summed E-state index contributed by atoms with van der Waals surface area (Å²) in [5, 5.41) is 2.59. The summed E-state index contributed by atoms with van der Waals surface area (Å²) in [6.45, 7) is 0.862. The van der Waals surface area contributed by atoms with Crippen molar-refractivity contribution in [1.29, 1.82) is 0 Å². The molecule has 0 saturated heterocycles. The van der Waals surface area contributed by atoms with Crippen LogP contribution in [-0.4, -0.2) is 29.4 Å². The molecule has 0 radical (unpaired) electrons. The molecule has 7 heteroatoms. The minimum absolute atomic E-state index is 0. The molecule has 0 atom stereocenters. The molecule has 2 N–H and O–H groups in total. The van der Waals surface area contributed by atoms with Crippen LogP contribution in [0.4, 0.5) is 4.39 Å². The fraction of sp³-hybridized carbons (Fsp3) is 0.286. The van der Waals surface area contributed by atoms with Gasteiger partial charge in [-0.25, -0.2) is 9.37 Å². The van der Waals surface area contributed by atoms with Gasteiger partial charge >= 0.3 is 0 Å². The molecule has 1 aromatic heterocycles. The maximum Gasteiger partial charge on any atom is 0.273 e. The predicted molar refractivity (Wildman–Crippen MR) is 84.3 cm³/mol. The fourth-order valence-corrected chi connectivity index (χ4v) is 2.61. The molecule has 0 saturated carbocycles. The van der Waals surface area contributed by atoms with Gasteiger partial charge < -0.3 is 10.6 Å². The zero-order chi connectivity index (χ0) is 14.5. The summed E-state index contributed by atoms with van der Waals surface area (Å²) in [7, 11) is 1.68. The molecule has 1 heterocycles. The van der Waals surface area contributed by atoms with Gasteiger partial charge in [-0.2, -0.15) is 0 Å². The van der Waals surface area contributed by atoms with Crippen LogP contribution in [0.5, 0.6) is 0 Å². The molecule has 1 amide bonds. The monoisotopic (exact) mass is 329 g/mol.